The first-order valence-corrected chi connectivity index (χ1v) is 8.10. The van der Waals surface area contributed by atoms with Gasteiger partial charge < -0.3 is 10.2 Å². The van der Waals surface area contributed by atoms with Crippen molar-refractivity contribution in [2.24, 2.45) is 0 Å². The zero-order chi connectivity index (χ0) is 14.4. The molecule has 1 aromatic carbocycles. The number of nitrogens with zero attached hydrogens (tertiary/aromatic N) is 1. The summed E-state index contributed by atoms with van der Waals surface area (Å²) in [6, 6.07) is 7.69. The second kappa shape index (κ2) is 7.91. The maximum absolute atomic E-state index is 3.71. The molecular weight excluding hydrogens is 300 g/mol. The third-order valence-corrected chi connectivity index (χ3v) is 4.55. The predicted octanol–water partition coefficient (Wildman–Crippen LogP) is 4.74. The minimum absolute atomic E-state index is 0.381. The normalized spacial score (nSPS) is 12.8. The van der Waals surface area contributed by atoms with Gasteiger partial charge in [-0.15, -0.1) is 0 Å². The Morgan fingerprint density at radius 1 is 1.21 bits per heavy atom. The molecule has 0 spiro atoms. The molecule has 19 heavy (non-hydrogen) atoms. The summed E-state index contributed by atoms with van der Waals surface area (Å²) in [5.41, 5.74) is 2.61. The fourth-order valence-electron chi connectivity index (χ4n) is 2.55. The number of benzene rings is 1. The van der Waals surface area contributed by atoms with E-state index in [0.717, 1.165) is 6.54 Å². The molecule has 0 aliphatic rings. The van der Waals surface area contributed by atoms with Crippen LogP contribution in [0.4, 0.5) is 5.69 Å². The minimum atomic E-state index is 0.381. The number of hydrogen-bond donors (Lipinski definition) is 1. The lowest BCUT2D eigenvalue weighted by atomic mass is 10.1. The fraction of sp³-hybridized carbons (Fsp3) is 0.625. The van der Waals surface area contributed by atoms with Gasteiger partial charge in [-0.25, -0.2) is 0 Å². The summed E-state index contributed by atoms with van der Waals surface area (Å²) in [4.78, 5) is 2.38. The van der Waals surface area contributed by atoms with Crippen LogP contribution >= 0.6 is 15.9 Å². The second-order valence-corrected chi connectivity index (χ2v) is 5.92. The summed E-state index contributed by atoms with van der Waals surface area (Å²) in [5, 5.41) is 3.45. The molecule has 2 nitrogen and oxygen atoms in total. The molecule has 0 saturated heterocycles. The van der Waals surface area contributed by atoms with Crippen LogP contribution in [-0.2, 0) is 0 Å². The molecule has 0 heterocycles. The maximum atomic E-state index is 3.71. The van der Waals surface area contributed by atoms with Gasteiger partial charge in [0, 0.05) is 29.3 Å². The SMILES string of the molecule is CCNC(C)c1ccc(N(C)C(CC)CC)cc1Br. The van der Waals surface area contributed by atoms with Crippen LogP contribution in [0.25, 0.3) is 0 Å². The van der Waals surface area contributed by atoms with Crippen LogP contribution in [-0.4, -0.2) is 19.6 Å². The Morgan fingerprint density at radius 3 is 2.32 bits per heavy atom. The lowest BCUT2D eigenvalue weighted by Gasteiger charge is -2.29. The summed E-state index contributed by atoms with van der Waals surface area (Å²) in [7, 11) is 2.19. The van der Waals surface area contributed by atoms with Crippen molar-refractivity contribution >= 4 is 21.6 Å². The minimum Gasteiger partial charge on any atom is -0.372 e. The molecule has 0 amide bonds. The summed E-state index contributed by atoms with van der Waals surface area (Å²) in [6.07, 6.45) is 2.36. The monoisotopic (exact) mass is 326 g/mol. The molecule has 0 aromatic heterocycles. The average Bonchev–Trinajstić information content (AvgIpc) is 2.40. The number of hydrogen-bond acceptors (Lipinski definition) is 2. The molecular formula is C16H27BrN2. The average molecular weight is 327 g/mol. The molecule has 0 aliphatic heterocycles. The summed E-state index contributed by atoms with van der Waals surface area (Å²) < 4.78 is 1.19. The van der Waals surface area contributed by atoms with Gasteiger partial charge in [0.15, 0.2) is 0 Å². The zero-order valence-electron chi connectivity index (χ0n) is 12.8. The van der Waals surface area contributed by atoms with E-state index in [1.165, 1.54) is 28.6 Å². The van der Waals surface area contributed by atoms with E-state index >= 15 is 0 Å². The molecule has 1 rings (SSSR count). The van der Waals surface area contributed by atoms with E-state index in [1.54, 1.807) is 0 Å². The molecule has 1 atom stereocenters. The van der Waals surface area contributed by atoms with Crippen LogP contribution in [0.15, 0.2) is 22.7 Å². The third-order valence-electron chi connectivity index (χ3n) is 3.86. The molecule has 3 heteroatoms. The summed E-state index contributed by atoms with van der Waals surface area (Å²) in [5.74, 6) is 0. The van der Waals surface area contributed by atoms with Gasteiger partial charge in [-0.1, -0.05) is 42.8 Å². The molecule has 0 fully saturated rings. The van der Waals surface area contributed by atoms with E-state index in [1.807, 2.05) is 0 Å². The fourth-order valence-corrected chi connectivity index (χ4v) is 3.26. The third kappa shape index (κ3) is 4.22. The summed E-state index contributed by atoms with van der Waals surface area (Å²) >= 11 is 3.71. The Bertz CT molecular complexity index is 388. The van der Waals surface area contributed by atoms with Gasteiger partial charge in [0.1, 0.15) is 0 Å². The zero-order valence-corrected chi connectivity index (χ0v) is 14.4. The Balaban J connectivity index is 2.92. The van der Waals surface area contributed by atoms with Crippen LogP contribution < -0.4 is 10.2 Å². The molecule has 108 valence electrons. The molecule has 1 aromatic rings. The van der Waals surface area contributed by atoms with Crippen molar-refractivity contribution in [2.45, 2.75) is 52.6 Å². The van der Waals surface area contributed by atoms with Crippen LogP contribution in [0.2, 0.25) is 0 Å². The highest BCUT2D eigenvalue weighted by molar-refractivity contribution is 9.10. The quantitative estimate of drug-likeness (QED) is 0.778. The molecule has 1 N–H and O–H groups in total. The standard InChI is InChI=1S/C16H27BrN2/c1-6-13(7-2)19(5)14-9-10-15(16(17)11-14)12(4)18-8-3/h9-13,18H,6-8H2,1-5H3. The van der Waals surface area contributed by atoms with Crippen LogP contribution in [0.5, 0.6) is 0 Å². The topological polar surface area (TPSA) is 15.3 Å². The van der Waals surface area contributed by atoms with E-state index < -0.39 is 0 Å². The van der Waals surface area contributed by atoms with Crippen molar-refractivity contribution in [3.63, 3.8) is 0 Å². The first kappa shape index (κ1) is 16.5. The largest absolute Gasteiger partial charge is 0.372 e. The first-order chi connectivity index (χ1) is 9.04. The highest BCUT2D eigenvalue weighted by Crippen LogP contribution is 2.29. The molecule has 0 radical (unpaired) electrons. The lowest BCUT2D eigenvalue weighted by molar-refractivity contribution is 0.588. The van der Waals surface area contributed by atoms with Crippen molar-refractivity contribution < 1.29 is 0 Å². The van der Waals surface area contributed by atoms with Gasteiger partial charge in [0.25, 0.3) is 0 Å². The van der Waals surface area contributed by atoms with Gasteiger partial charge in [-0.2, -0.15) is 0 Å². The van der Waals surface area contributed by atoms with E-state index in [9.17, 15) is 0 Å². The summed E-state index contributed by atoms with van der Waals surface area (Å²) in [6.45, 7) is 9.83. The first-order valence-electron chi connectivity index (χ1n) is 7.30. The van der Waals surface area contributed by atoms with E-state index in [0.29, 0.717) is 12.1 Å². The molecule has 0 bridgehead atoms. The van der Waals surface area contributed by atoms with Crippen molar-refractivity contribution in [3.05, 3.63) is 28.2 Å². The number of anilines is 1. The van der Waals surface area contributed by atoms with Crippen LogP contribution in [0.1, 0.15) is 52.1 Å². The number of nitrogens with one attached hydrogen (secondary N) is 1. The molecule has 1 unspecified atom stereocenters. The highest BCUT2D eigenvalue weighted by atomic mass is 79.9. The van der Waals surface area contributed by atoms with Crippen molar-refractivity contribution in [3.8, 4) is 0 Å². The Hall–Kier alpha value is -0.540. The van der Waals surface area contributed by atoms with Crippen molar-refractivity contribution in [1.29, 1.82) is 0 Å². The molecule has 0 saturated carbocycles. The van der Waals surface area contributed by atoms with Crippen LogP contribution in [0, 0.1) is 0 Å². The number of rotatable bonds is 7. The Morgan fingerprint density at radius 2 is 1.84 bits per heavy atom. The molecule has 0 aliphatic carbocycles. The van der Waals surface area contributed by atoms with Crippen molar-refractivity contribution in [1.82, 2.24) is 5.32 Å². The van der Waals surface area contributed by atoms with Gasteiger partial charge in [0.2, 0.25) is 0 Å². The number of halogens is 1. The van der Waals surface area contributed by atoms with Gasteiger partial charge in [0.05, 0.1) is 0 Å². The second-order valence-electron chi connectivity index (χ2n) is 5.07. The van der Waals surface area contributed by atoms with Crippen molar-refractivity contribution in [2.75, 3.05) is 18.5 Å². The van der Waals surface area contributed by atoms with Gasteiger partial charge in [-0.05, 0) is 44.0 Å². The Kier molecular flexibility index (Phi) is 6.87. The highest BCUT2D eigenvalue weighted by Gasteiger charge is 2.14. The lowest BCUT2D eigenvalue weighted by Crippen LogP contribution is -2.30. The maximum Gasteiger partial charge on any atom is 0.0377 e. The van der Waals surface area contributed by atoms with Gasteiger partial charge >= 0.3 is 0 Å². The van der Waals surface area contributed by atoms with E-state index in [-0.39, 0.29) is 0 Å². The smallest absolute Gasteiger partial charge is 0.0377 e. The van der Waals surface area contributed by atoms with E-state index in [2.05, 4.69) is 79.1 Å². The van der Waals surface area contributed by atoms with Crippen LogP contribution in [0.3, 0.4) is 0 Å². The van der Waals surface area contributed by atoms with E-state index in [4.69, 9.17) is 0 Å². The Labute approximate surface area is 126 Å². The predicted molar refractivity (Wildman–Crippen MR) is 89.0 cm³/mol. The van der Waals surface area contributed by atoms with Gasteiger partial charge in [-0.3, -0.25) is 0 Å².